The van der Waals surface area contributed by atoms with Gasteiger partial charge in [-0.25, -0.2) is 9.37 Å². The maximum atomic E-state index is 13.9. The molecule has 0 atom stereocenters. The highest BCUT2D eigenvalue weighted by Gasteiger charge is 2.25. The SMILES string of the molecule is O=C(c1cccn2ccnc12)N1CCN(c2ccccc2F)CC1. The Labute approximate surface area is 138 Å². The Hall–Kier alpha value is -2.89. The highest BCUT2D eigenvalue weighted by atomic mass is 19.1. The molecule has 122 valence electrons. The van der Waals surface area contributed by atoms with Gasteiger partial charge in [0.05, 0.1) is 11.3 Å². The topological polar surface area (TPSA) is 40.9 Å². The van der Waals surface area contributed by atoms with Crippen molar-refractivity contribution in [3.8, 4) is 0 Å². The van der Waals surface area contributed by atoms with Crippen molar-refractivity contribution in [1.29, 1.82) is 0 Å². The highest BCUT2D eigenvalue weighted by molar-refractivity contribution is 5.99. The van der Waals surface area contributed by atoms with E-state index in [1.54, 1.807) is 29.3 Å². The first kappa shape index (κ1) is 14.7. The Morgan fingerprint density at radius 3 is 2.58 bits per heavy atom. The summed E-state index contributed by atoms with van der Waals surface area (Å²) in [6.07, 6.45) is 5.37. The van der Waals surface area contributed by atoms with Crippen LogP contribution in [0.15, 0.2) is 55.0 Å². The number of fused-ring (bicyclic) bond motifs is 1. The van der Waals surface area contributed by atoms with Gasteiger partial charge in [0.1, 0.15) is 11.5 Å². The van der Waals surface area contributed by atoms with E-state index in [9.17, 15) is 9.18 Å². The molecule has 3 aromatic rings. The lowest BCUT2D eigenvalue weighted by atomic mass is 10.2. The fourth-order valence-corrected chi connectivity index (χ4v) is 3.14. The molecule has 0 unspecified atom stereocenters. The van der Waals surface area contributed by atoms with Crippen molar-refractivity contribution in [2.75, 3.05) is 31.1 Å². The summed E-state index contributed by atoms with van der Waals surface area (Å²) in [5, 5.41) is 0. The number of halogens is 1. The Morgan fingerprint density at radius 2 is 1.79 bits per heavy atom. The first-order valence-corrected chi connectivity index (χ1v) is 7.94. The predicted molar refractivity (Wildman–Crippen MR) is 89.7 cm³/mol. The van der Waals surface area contributed by atoms with Crippen LogP contribution in [0, 0.1) is 5.82 Å². The number of para-hydroxylation sites is 1. The molecule has 2 aromatic heterocycles. The molecule has 0 aliphatic carbocycles. The molecular formula is C18H17FN4O. The largest absolute Gasteiger partial charge is 0.366 e. The number of carbonyl (C=O) groups is 1. The van der Waals surface area contributed by atoms with E-state index in [4.69, 9.17) is 0 Å². The van der Waals surface area contributed by atoms with Crippen molar-refractivity contribution >= 4 is 17.2 Å². The fourth-order valence-electron chi connectivity index (χ4n) is 3.14. The number of hydrogen-bond donors (Lipinski definition) is 0. The molecule has 0 radical (unpaired) electrons. The Bertz CT molecular complexity index is 883. The number of hydrogen-bond acceptors (Lipinski definition) is 3. The summed E-state index contributed by atoms with van der Waals surface area (Å²) in [6, 6.07) is 10.4. The van der Waals surface area contributed by atoms with E-state index in [1.165, 1.54) is 6.07 Å². The molecule has 5 nitrogen and oxygen atoms in total. The van der Waals surface area contributed by atoms with Gasteiger partial charge in [-0.05, 0) is 24.3 Å². The number of amides is 1. The van der Waals surface area contributed by atoms with E-state index in [0.29, 0.717) is 43.1 Å². The van der Waals surface area contributed by atoms with Crippen molar-refractivity contribution in [2.45, 2.75) is 0 Å². The Balaban J connectivity index is 1.51. The second-order valence-electron chi connectivity index (χ2n) is 5.81. The van der Waals surface area contributed by atoms with Crippen LogP contribution < -0.4 is 4.90 Å². The number of benzene rings is 1. The lowest BCUT2D eigenvalue weighted by Crippen LogP contribution is -2.49. The lowest BCUT2D eigenvalue weighted by molar-refractivity contribution is 0.0748. The fraction of sp³-hybridized carbons (Fsp3) is 0.222. The molecule has 1 aliphatic rings. The van der Waals surface area contributed by atoms with Crippen molar-refractivity contribution in [3.05, 3.63) is 66.4 Å². The molecule has 1 aromatic carbocycles. The minimum atomic E-state index is -0.223. The zero-order valence-electron chi connectivity index (χ0n) is 13.1. The minimum absolute atomic E-state index is 0.0278. The zero-order chi connectivity index (χ0) is 16.5. The third kappa shape index (κ3) is 2.50. The Morgan fingerprint density at radius 1 is 1.00 bits per heavy atom. The van der Waals surface area contributed by atoms with Crippen molar-refractivity contribution in [3.63, 3.8) is 0 Å². The van der Waals surface area contributed by atoms with Gasteiger partial charge in [-0.15, -0.1) is 0 Å². The number of nitrogens with zero attached hydrogens (tertiary/aromatic N) is 4. The van der Waals surface area contributed by atoms with Crippen LogP contribution in [0.1, 0.15) is 10.4 Å². The van der Waals surface area contributed by atoms with E-state index >= 15 is 0 Å². The average molecular weight is 324 g/mol. The average Bonchev–Trinajstić information content (AvgIpc) is 3.10. The highest BCUT2D eigenvalue weighted by Crippen LogP contribution is 2.21. The van der Waals surface area contributed by atoms with Gasteiger partial charge in [0.25, 0.3) is 5.91 Å². The summed E-state index contributed by atoms with van der Waals surface area (Å²) >= 11 is 0. The first-order valence-electron chi connectivity index (χ1n) is 7.94. The molecule has 0 saturated carbocycles. The molecule has 0 N–H and O–H groups in total. The summed E-state index contributed by atoms with van der Waals surface area (Å²) in [5.74, 6) is -0.251. The smallest absolute Gasteiger partial charge is 0.257 e. The molecule has 4 rings (SSSR count). The van der Waals surface area contributed by atoms with Gasteiger partial charge in [0.2, 0.25) is 0 Å². The van der Waals surface area contributed by atoms with Crippen LogP contribution >= 0.6 is 0 Å². The molecular weight excluding hydrogens is 307 g/mol. The number of piperazine rings is 1. The number of aromatic nitrogens is 2. The van der Waals surface area contributed by atoms with Crippen LogP contribution in [0.2, 0.25) is 0 Å². The Kier molecular flexibility index (Phi) is 3.65. The van der Waals surface area contributed by atoms with Gasteiger partial charge in [0.15, 0.2) is 0 Å². The molecule has 1 fully saturated rings. The van der Waals surface area contributed by atoms with Crippen LogP contribution in [-0.2, 0) is 0 Å². The number of anilines is 1. The summed E-state index contributed by atoms with van der Waals surface area (Å²) in [7, 11) is 0. The number of imidazole rings is 1. The second kappa shape index (κ2) is 5.96. The molecule has 1 amide bonds. The predicted octanol–water partition coefficient (Wildman–Crippen LogP) is 2.44. The summed E-state index contributed by atoms with van der Waals surface area (Å²) in [4.78, 5) is 20.9. The quantitative estimate of drug-likeness (QED) is 0.727. The maximum Gasteiger partial charge on any atom is 0.257 e. The standard InChI is InChI=1S/C18H17FN4O/c19-15-5-1-2-6-16(15)21-10-12-23(13-11-21)18(24)14-4-3-8-22-9-7-20-17(14)22/h1-9H,10-13H2. The molecule has 0 bridgehead atoms. The number of pyridine rings is 1. The lowest BCUT2D eigenvalue weighted by Gasteiger charge is -2.36. The summed E-state index contributed by atoms with van der Waals surface area (Å²) in [6.45, 7) is 2.36. The van der Waals surface area contributed by atoms with Gasteiger partial charge in [-0.1, -0.05) is 12.1 Å². The van der Waals surface area contributed by atoms with Crippen LogP contribution in [0.5, 0.6) is 0 Å². The minimum Gasteiger partial charge on any atom is -0.366 e. The van der Waals surface area contributed by atoms with Crippen molar-refractivity contribution in [2.24, 2.45) is 0 Å². The van der Waals surface area contributed by atoms with Crippen LogP contribution in [0.25, 0.3) is 5.65 Å². The van der Waals surface area contributed by atoms with Crippen molar-refractivity contribution < 1.29 is 9.18 Å². The van der Waals surface area contributed by atoms with E-state index in [1.807, 2.05) is 33.8 Å². The third-order valence-corrected chi connectivity index (χ3v) is 4.41. The van der Waals surface area contributed by atoms with Crippen LogP contribution in [0.4, 0.5) is 10.1 Å². The van der Waals surface area contributed by atoms with Gasteiger partial charge in [-0.3, -0.25) is 4.79 Å². The van der Waals surface area contributed by atoms with E-state index in [2.05, 4.69) is 4.98 Å². The first-order chi connectivity index (χ1) is 11.7. The second-order valence-corrected chi connectivity index (χ2v) is 5.81. The van der Waals surface area contributed by atoms with Gasteiger partial charge in [0, 0.05) is 44.8 Å². The molecule has 1 saturated heterocycles. The van der Waals surface area contributed by atoms with E-state index in [0.717, 1.165) is 0 Å². The maximum absolute atomic E-state index is 13.9. The molecule has 3 heterocycles. The summed E-state index contributed by atoms with van der Waals surface area (Å²) < 4.78 is 15.7. The van der Waals surface area contributed by atoms with E-state index in [-0.39, 0.29) is 11.7 Å². The van der Waals surface area contributed by atoms with Gasteiger partial charge >= 0.3 is 0 Å². The molecule has 24 heavy (non-hydrogen) atoms. The van der Waals surface area contributed by atoms with Crippen molar-refractivity contribution in [1.82, 2.24) is 14.3 Å². The summed E-state index contributed by atoms with van der Waals surface area (Å²) in [5.41, 5.74) is 1.86. The third-order valence-electron chi connectivity index (χ3n) is 4.41. The van der Waals surface area contributed by atoms with Gasteiger partial charge in [-0.2, -0.15) is 0 Å². The molecule has 1 aliphatic heterocycles. The number of carbonyl (C=O) groups excluding carboxylic acids is 1. The van der Waals surface area contributed by atoms with Crippen LogP contribution in [-0.4, -0.2) is 46.4 Å². The number of rotatable bonds is 2. The van der Waals surface area contributed by atoms with Gasteiger partial charge < -0.3 is 14.2 Å². The monoisotopic (exact) mass is 324 g/mol. The molecule has 6 heteroatoms. The normalized spacial score (nSPS) is 15.0. The van der Waals surface area contributed by atoms with Crippen LogP contribution in [0.3, 0.4) is 0 Å². The molecule has 0 spiro atoms. The zero-order valence-corrected chi connectivity index (χ0v) is 13.1. The van der Waals surface area contributed by atoms with E-state index < -0.39 is 0 Å².